The van der Waals surface area contributed by atoms with Crippen LogP contribution in [0.1, 0.15) is 23.7 Å². The Morgan fingerprint density at radius 3 is 2.52 bits per heavy atom. The van der Waals surface area contributed by atoms with E-state index in [1.54, 1.807) is 30.3 Å². The van der Waals surface area contributed by atoms with Crippen molar-refractivity contribution in [3.05, 3.63) is 93.6 Å². The largest absolute Gasteiger partial charge is 0.487 e. The van der Waals surface area contributed by atoms with Gasteiger partial charge >= 0.3 is 6.03 Å². The van der Waals surface area contributed by atoms with Gasteiger partial charge in [-0.15, -0.1) is 0 Å². The van der Waals surface area contributed by atoms with Crippen molar-refractivity contribution in [2.24, 2.45) is 5.10 Å². The van der Waals surface area contributed by atoms with Crippen LogP contribution in [0.3, 0.4) is 0 Å². The molecule has 4 rings (SSSR count). The number of halogens is 2. The first kappa shape index (κ1) is 30.6. The molecule has 0 aliphatic heterocycles. The van der Waals surface area contributed by atoms with Crippen LogP contribution in [0.4, 0.5) is 16.2 Å². The van der Waals surface area contributed by atoms with Gasteiger partial charge in [-0.3, -0.25) is 4.79 Å². The lowest BCUT2D eigenvalue weighted by Gasteiger charge is -2.21. The molecule has 4 aromatic rings. The summed E-state index contributed by atoms with van der Waals surface area (Å²) in [4.78, 5) is 31.5. The Morgan fingerprint density at radius 2 is 1.76 bits per heavy atom. The molecule has 0 bridgehead atoms. The second-order valence-electron chi connectivity index (χ2n) is 9.80. The van der Waals surface area contributed by atoms with Gasteiger partial charge in [0, 0.05) is 48.5 Å². The number of hydrogen-bond acceptors (Lipinski definition) is 6. The van der Waals surface area contributed by atoms with Crippen LogP contribution in [0.2, 0.25) is 10.0 Å². The van der Waals surface area contributed by atoms with Gasteiger partial charge in [0.05, 0.1) is 23.0 Å². The van der Waals surface area contributed by atoms with E-state index in [-0.39, 0.29) is 24.1 Å². The second kappa shape index (κ2) is 13.5. The predicted octanol–water partition coefficient (Wildman–Crippen LogP) is 6.50. The number of likely N-dealkylation sites (N-methyl/N-ethyl adjacent to an activating group) is 1. The highest BCUT2D eigenvalue weighted by molar-refractivity contribution is 6.38. The number of urea groups is 1. The molecule has 0 radical (unpaired) electrons. The Labute approximate surface area is 255 Å². The Morgan fingerprint density at radius 1 is 1.00 bits per heavy atom. The van der Waals surface area contributed by atoms with E-state index in [1.807, 2.05) is 76.5 Å². The van der Waals surface area contributed by atoms with Crippen LogP contribution < -0.4 is 20.3 Å². The normalized spacial score (nSPS) is 11.3. The van der Waals surface area contributed by atoms with E-state index >= 15 is 0 Å². The lowest BCUT2D eigenvalue weighted by Crippen LogP contribution is -2.40. The van der Waals surface area contributed by atoms with Crippen LogP contribution in [-0.2, 0) is 11.4 Å². The number of carbonyl (C=O) groups is 2. The molecule has 218 valence electrons. The fourth-order valence-electron chi connectivity index (χ4n) is 4.22. The molecule has 0 unspecified atom stereocenters. The first-order chi connectivity index (χ1) is 20.0. The van der Waals surface area contributed by atoms with Crippen molar-refractivity contribution in [3.8, 4) is 5.75 Å². The highest BCUT2D eigenvalue weighted by Gasteiger charge is 2.19. The van der Waals surface area contributed by atoms with E-state index in [4.69, 9.17) is 27.9 Å². The van der Waals surface area contributed by atoms with E-state index in [0.717, 1.165) is 27.9 Å². The van der Waals surface area contributed by atoms with Crippen LogP contribution in [0.5, 0.6) is 5.75 Å². The van der Waals surface area contributed by atoms with E-state index in [1.165, 1.54) is 4.90 Å². The van der Waals surface area contributed by atoms with Crippen molar-refractivity contribution < 1.29 is 14.3 Å². The number of anilines is 2. The molecule has 42 heavy (non-hydrogen) atoms. The molecule has 0 aliphatic rings. The molecule has 1 heterocycles. The lowest BCUT2D eigenvalue weighted by atomic mass is 10.1. The molecule has 2 N–H and O–H groups in total. The molecule has 0 saturated heterocycles. The highest BCUT2D eigenvalue weighted by Crippen LogP contribution is 2.35. The Kier molecular flexibility index (Phi) is 9.88. The average Bonchev–Trinajstić information content (AvgIpc) is 2.95. The van der Waals surface area contributed by atoms with Crippen LogP contribution >= 0.6 is 23.2 Å². The van der Waals surface area contributed by atoms with Crippen LogP contribution in [-0.4, -0.2) is 55.3 Å². The van der Waals surface area contributed by atoms with Crippen molar-refractivity contribution in [2.75, 3.05) is 37.9 Å². The number of rotatable bonds is 9. The molecule has 0 atom stereocenters. The SMILES string of the molecule is CC(=NN(C)C)c1cccc(NC(=O)NCC(=O)N(C)c2ccc(Cl)c(COc3cccc4ccc(C)nc34)c2Cl)c1. The number of aryl methyl sites for hydroxylation is 1. The first-order valence-electron chi connectivity index (χ1n) is 13.1. The van der Waals surface area contributed by atoms with Gasteiger partial charge in [-0.05, 0) is 55.8 Å². The summed E-state index contributed by atoms with van der Waals surface area (Å²) in [6.45, 7) is 3.62. The van der Waals surface area contributed by atoms with Crippen LogP contribution in [0, 0.1) is 6.92 Å². The third kappa shape index (κ3) is 7.48. The summed E-state index contributed by atoms with van der Waals surface area (Å²) in [7, 11) is 5.25. The number of hydrogen-bond donors (Lipinski definition) is 2. The van der Waals surface area contributed by atoms with E-state index < -0.39 is 6.03 Å². The summed E-state index contributed by atoms with van der Waals surface area (Å²) in [5.74, 6) is 0.219. The number of para-hydroxylation sites is 1. The summed E-state index contributed by atoms with van der Waals surface area (Å²) < 4.78 is 6.08. The number of fused-ring (bicyclic) bond motifs is 1. The zero-order valence-electron chi connectivity index (χ0n) is 24.0. The number of pyridine rings is 1. The van der Waals surface area contributed by atoms with Gasteiger partial charge in [0.25, 0.3) is 0 Å². The van der Waals surface area contributed by atoms with Crippen LogP contribution in [0.25, 0.3) is 10.9 Å². The number of carbonyl (C=O) groups excluding carboxylic acids is 2. The average molecular weight is 608 g/mol. The third-order valence-electron chi connectivity index (χ3n) is 6.38. The minimum atomic E-state index is -0.522. The molecule has 0 spiro atoms. The molecule has 0 aliphatic carbocycles. The Hall–Kier alpha value is -4.34. The number of hydrazone groups is 1. The van der Waals surface area contributed by atoms with Gasteiger partial charge in [0.2, 0.25) is 5.91 Å². The minimum absolute atomic E-state index is 0.0702. The third-order valence-corrected chi connectivity index (χ3v) is 7.16. The van der Waals surface area contributed by atoms with Crippen molar-refractivity contribution in [3.63, 3.8) is 0 Å². The van der Waals surface area contributed by atoms with Crippen LogP contribution in [0.15, 0.2) is 71.8 Å². The number of aromatic nitrogens is 1. The zero-order valence-corrected chi connectivity index (χ0v) is 25.5. The van der Waals surface area contributed by atoms with Gasteiger partial charge < -0.3 is 25.3 Å². The number of nitrogens with zero attached hydrogens (tertiary/aromatic N) is 4. The van der Waals surface area contributed by atoms with Crippen molar-refractivity contribution in [1.82, 2.24) is 15.3 Å². The second-order valence-corrected chi connectivity index (χ2v) is 10.6. The lowest BCUT2D eigenvalue weighted by molar-refractivity contribution is -0.117. The van der Waals surface area contributed by atoms with E-state index in [0.29, 0.717) is 27.7 Å². The Bertz CT molecular complexity index is 1660. The number of ether oxygens (including phenoxy) is 1. The topological polar surface area (TPSA) is 99.2 Å². The number of benzene rings is 3. The van der Waals surface area contributed by atoms with Gasteiger partial charge in [0.15, 0.2) is 0 Å². The molecule has 3 aromatic carbocycles. The standard InChI is InChI=1S/C31H32Cl2N6O3/c1-19-12-13-21-8-7-11-27(30(21)35-19)42-18-24-25(32)14-15-26(29(24)33)39(5)28(40)17-34-31(41)36-23-10-6-9-22(16-23)20(2)37-38(3)4/h6-16H,17-18H2,1-5H3,(H2,34,36,41). The van der Waals surface area contributed by atoms with Crippen molar-refractivity contribution in [1.29, 1.82) is 0 Å². The monoisotopic (exact) mass is 606 g/mol. The molecule has 1 aromatic heterocycles. The fourth-order valence-corrected chi connectivity index (χ4v) is 4.83. The van der Waals surface area contributed by atoms with Gasteiger partial charge in [-0.1, -0.05) is 53.5 Å². The Balaban J connectivity index is 1.40. The fraction of sp³-hybridized carbons (Fsp3) is 0.226. The van der Waals surface area contributed by atoms with Gasteiger partial charge in [-0.25, -0.2) is 9.78 Å². The quantitative estimate of drug-likeness (QED) is 0.167. The van der Waals surface area contributed by atoms with Crippen molar-refractivity contribution in [2.45, 2.75) is 20.5 Å². The van der Waals surface area contributed by atoms with Gasteiger partial charge in [-0.2, -0.15) is 5.10 Å². The molecule has 11 heteroatoms. The maximum Gasteiger partial charge on any atom is 0.319 e. The molecule has 3 amide bonds. The van der Waals surface area contributed by atoms with E-state index in [9.17, 15) is 9.59 Å². The molecule has 0 saturated carbocycles. The van der Waals surface area contributed by atoms with Crippen molar-refractivity contribution >= 4 is 63.1 Å². The first-order valence-corrected chi connectivity index (χ1v) is 13.9. The summed E-state index contributed by atoms with van der Waals surface area (Å²) in [6.07, 6.45) is 0. The molecular weight excluding hydrogens is 575 g/mol. The minimum Gasteiger partial charge on any atom is -0.487 e. The van der Waals surface area contributed by atoms with Gasteiger partial charge in [0.1, 0.15) is 17.9 Å². The smallest absolute Gasteiger partial charge is 0.319 e. The molecule has 0 fully saturated rings. The highest BCUT2D eigenvalue weighted by atomic mass is 35.5. The summed E-state index contributed by atoms with van der Waals surface area (Å²) in [6, 6.07) is 19.7. The zero-order chi connectivity index (χ0) is 30.4. The van der Waals surface area contributed by atoms with E-state index in [2.05, 4.69) is 20.7 Å². The summed E-state index contributed by atoms with van der Waals surface area (Å²) in [5, 5.41) is 13.1. The summed E-state index contributed by atoms with van der Waals surface area (Å²) >= 11 is 13.2. The molecule has 9 nitrogen and oxygen atoms in total. The maximum absolute atomic E-state index is 13.0. The summed E-state index contributed by atoms with van der Waals surface area (Å²) in [5.41, 5.74) is 4.80. The molecular formula is C31H32Cl2N6O3. The maximum atomic E-state index is 13.0. The number of nitrogens with one attached hydrogen (secondary N) is 2. The predicted molar refractivity (Wildman–Crippen MR) is 170 cm³/mol. The number of amides is 3.